The van der Waals surface area contributed by atoms with E-state index in [0.29, 0.717) is 24.6 Å². The second kappa shape index (κ2) is 13.6. The van der Waals surface area contributed by atoms with Crippen molar-refractivity contribution in [3.8, 4) is 5.75 Å². The van der Waals surface area contributed by atoms with E-state index in [0.717, 1.165) is 38.4 Å². The molecule has 192 valence electrons. The zero-order valence-electron chi connectivity index (χ0n) is 20.4. The molecule has 3 aromatic carbocycles. The number of thioether (sulfide) groups is 1. The first kappa shape index (κ1) is 27.9. The molecule has 0 heterocycles. The molecule has 0 saturated carbocycles. The maximum atomic E-state index is 13.6. The molecule has 0 fully saturated rings. The van der Waals surface area contributed by atoms with Gasteiger partial charge in [0.05, 0.1) is 17.2 Å². The quantitative estimate of drug-likeness (QED) is 0.279. The van der Waals surface area contributed by atoms with Crippen LogP contribution >= 0.6 is 23.4 Å². The highest BCUT2D eigenvalue weighted by molar-refractivity contribution is 7.98. The molecule has 0 aromatic heterocycles. The average molecular weight is 547 g/mol. The number of hydrogen-bond acceptors (Lipinski definition) is 5. The standard InChI is InChI=1S/C27H31ClN2O4S2/c1-3-34-26-12-7-6-11-25(26)30(36(32,33)23-15-13-21(2)14-16-23)19-27(31)29-17-8-18-35-20-22-9-4-5-10-24(22)28/h4-7,9-16H,3,8,17-20H2,1-2H3,(H,29,31). The number of aryl methyl sites for hydroxylation is 1. The highest BCUT2D eigenvalue weighted by Crippen LogP contribution is 2.32. The Bertz CT molecular complexity index is 1250. The van der Waals surface area contributed by atoms with Crippen LogP contribution in [0.25, 0.3) is 0 Å². The summed E-state index contributed by atoms with van der Waals surface area (Å²) >= 11 is 7.93. The second-order valence-corrected chi connectivity index (χ2v) is 11.4. The Morgan fingerprint density at radius 3 is 2.44 bits per heavy atom. The summed E-state index contributed by atoms with van der Waals surface area (Å²) < 4.78 is 34.0. The van der Waals surface area contributed by atoms with Crippen LogP contribution in [0.3, 0.4) is 0 Å². The molecule has 3 rings (SSSR count). The molecule has 3 aromatic rings. The third kappa shape index (κ3) is 7.66. The molecular weight excluding hydrogens is 516 g/mol. The third-order valence-electron chi connectivity index (χ3n) is 5.33. The number of hydrogen-bond donors (Lipinski definition) is 1. The number of halogens is 1. The summed E-state index contributed by atoms with van der Waals surface area (Å²) in [5.74, 6) is 1.65. The number of anilines is 1. The highest BCUT2D eigenvalue weighted by atomic mass is 35.5. The van der Waals surface area contributed by atoms with Crippen molar-refractivity contribution in [3.63, 3.8) is 0 Å². The normalized spacial score (nSPS) is 11.2. The molecule has 0 bridgehead atoms. The molecule has 36 heavy (non-hydrogen) atoms. The Balaban J connectivity index is 1.66. The lowest BCUT2D eigenvalue weighted by Crippen LogP contribution is -2.41. The van der Waals surface area contributed by atoms with Gasteiger partial charge in [0.1, 0.15) is 12.3 Å². The van der Waals surface area contributed by atoms with E-state index in [4.69, 9.17) is 16.3 Å². The lowest BCUT2D eigenvalue weighted by Gasteiger charge is -2.26. The minimum Gasteiger partial charge on any atom is -0.492 e. The van der Waals surface area contributed by atoms with Crippen molar-refractivity contribution in [3.05, 3.63) is 88.9 Å². The molecular formula is C27H31ClN2O4S2. The number of benzene rings is 3. The summed E-state index contributed by atoms with van der Waals surface area (Å²) in [5, 5.41) is 3.60. The fourth-order valence-corrected chi connectivity index (χ4v) is 6.14. The van der Waals surface area contributed by atoms with E-state index in [1.807, 2.05) is 38.1 Å². The van der Waals surface area contributed by atoms with Crippen LogP contribution in [0.5, 0.6) is 5.75 Å². The van der Waals surface area contributed by atoms with Gasteiger partial charge in [0.25, 0.3) is 10.0 Å². The number of ether oxygens (including phenoxy) is 1. The van der Waals surface area contributed by atoms with Crippen molar-refractivity contribution in [1.29, 1.82) is 0 Å². The van der Waals surface area contributed by atoms with Gasteiger partial charge >= 0.3 is 0 Å². The Kier molecular flexibility index (Phi) is 10.5. The molecule has 0 unspecified atom stereocenters. The summed E-state index contributed by atoms with van der Waals surface area (Å²) in [4.78, 5) is 13.0. The van der Waals surface area contributed by atoms with Crippen LogP contribution in [0.2, 0.25) is 5.02 Å². The number of carbonyl (C=O) groups excluding carboxylic acids is 1. The van der Waals surface area contributed by atoms with Gasteiger partial charge in [-0.1, -0.05) is 59.6 Å². The van der Waals surface area contributed by atoms with E-state index in [2.05, 4.69) is 5.32 Å². The number of nitrogens with one attached hydrogen (secondary N) is 1. The van der Waals surface area contributed by atoms with Crippen molar-refractivity contribution in [1.82, 2.24) is 5.32 Å². The highest BCUT2D eigenvalue weighted by Gasteiger charge is 2.29. The van der Waals surface area contributed by atoms with Gasteiger partial charge in [-0.05, 0) is 61.9 Å². The van der Waals surface area contributed by atoms with E-state index in [1.165, 1.54) is 0 Å². The first-order valence-corrected chi connectivity index (χ1v) is 14.7. The smallest absolute Gasteiger partial charge is 0.264 e. The minimum absolute atomic E-state index is 0.114. The zero-order chi connectivity index (χ0) is 26.0. The van der Waals surface area contributed by atoms with Gasteiger partial charge < -0.3 is 10.1 Å². The number of sulfonamides is 1. The molecule has 0 atom stereocenters. The average Bonchev–Trinajstić information content (AvgIpc) is 2.86. The number of amides is 1. The van der Waals surface area contributed by atoms with Crippen LogP contribution in [-0.2, 0) is 20.6 Å². The van der Waals surface area contributed by atoms with Gasteiger partial charge in [-0.2, -0.15) is 11.8 Å². The topological polar surface area (TPSA) is 75.7 Å². The van der Waals surface area contributed by atoms with Crippen LogP contribution in [0.4, 0.5) is 5.69 Å². The van der Waals surface area contributed by atoms with E-state index in [9.17, 15) is 13.2 Å². The van der Waals surface area contributed by atoms with Crippen molar-refractivity contribution < 1.29 is 17.9 Å². The van der Waals surface area contributed by atoms with Gasteiger partial charge in [-0.3, -0.25) is 9.10 Å². The zero-order valence-corrected chi connectivity index (χ0v) is 22.8. The maximum Gasteiger partial charge on any atom is 0.264 e. The Morgan fingerprint density at radius 1 is 1.03 bits per heavy atom. The predicted molar refractivity (Wildman–Crippen MR) is 149 cm³/mol. The summed E-state index contributed by atoms with van der Waals surface area (Å²) in [5.41, 5.74) is 2.35. The van der Waals surface area contributed by atoms with Crippen molar-refractivity contribution in [2.45, 2.75) is 30.9 Å². The molecule has 9 heteroatoms. The van der Waals surface area contributed by atoms with Crippen LogP contribution in [0.15, 0.2) is 77.7 Å². The van der Waals surface area contributed by atoms with E-state index in [-0.39, 0.29) is 17.3 Å². The molecule has 0 saturated heterocycles. The molecule has 0 aliphatic rings. The lowest BCUT2D eigenvalue weighted by molar-refractivity contribution is -0.119. The van der Waals surface area contributed by atoms with Crippen LogP contribution < -0.4 is 14.4 Å². The molecule has 0 aliphatic heterocycles. The van der Waals surface area contributed by atoms with Gasteiger partial charge in [0.2, 0.25) is 5.91 Å². The Hall–Kier alpha value is -2.68. The van der Waals surface area contributed by atoms with Gasteiger partial charge in [-0.15, -0.1) is 0 Å². The first-order valence-electron chi connectivity index (χ1n) is 11.7. The third-order valence-corrected chi connectivity index (χ3v) is 8.57. The van der Waals surface area contributed by atoms with Crippen LogP contribution in [0, 0.1) is 6.92 Å². The van der Waals surface area contributed by atoms with Gasteiger partial charge in [0, 0.05) is 17.3 Å². The van der Waals surface area contributed by atoms with Gasteiger partial charge in [0.15, 0.2) is 0 Å². The van der Waals surface area contributed by atoms with Crippen molar-refractivity contribution in [2.24, 2.45) is 0 Å². The summed E-state index contributed by atoms with van der Waals surface area (Å²) in [6.45, 7) is 4.17. The van der Waals surface area contributed by atoms with Crippen molar-refractivity contribution in [2.75, 3.05) is 29.8 Å². The van der Waals surface area contributed by atoms with E-state index in [1.54, 1.807) is 60.3 Å². The first-order chi connectivity index (χ1) is 17.3. The molecule has 1 amide bonds. The number of nitrogens with zero attached hydrogens (tertiary/aromatic N) is 1. The lowest BCUT2D eigenvalue weighted by atomic mass is 10.2. The SMILES string of the molecule is CCOc1ccccc1N(CC(=O)NCCCSCc1ccccc1Cl)S(=O)(=O)c1ccc(C)cc1. The van der Waals surface area contributed by atoms with E-state index < -0.39 is 10.0 Å². The Labute approximate surface area is 223 Å². The molecule has 6 nitrogen and oxygen atoms in total. The molecule has 1 N–H and O–H groups in total. The predicted octanol–water partition coefficient (Wildman–Crippen LogP) is 5.68. The minimum atomic E-state index is -4.00. The maximum absolute atomic E-state index is 13.6. The van der Waals surface area contributed by atoms with Gasteiger partial charge in [-0.25, -0.2) is 8.42 Å². The van der Waals surface area contributed by atoms with Crippen LogP contribution in [0.1, 0.15) is 24.5 Å². The fraction of sp³-hybridized carbons (Fsp3) is 0.296. The largest absolute Gasteiger partial charge is 0.492 e. The van der Waals surface area contributed by atoms with Crippen LogP contribution in [-0.4, -0.2) is 39.8 Å². The summed E-state index contributed by atoms with van der Waals surface area (Å²) in [7, 11) is -4.00. The van der Waals surface area contributed by atoms with E-state index >= 15 is 0 Å². The summed E-state index contributed by atoms with van der Waals surface area (Å²) in [6.07, 6.45) is 0.751. The second-order valence-electron chi connectivity index (χ2n) is 8.07. The van der Waals surface area contributed by atoms with Crippen molar-refractivity contribution >= 4 is 45.0 Å². The summed E-state index contributed by atoms with van der Waals surface area (Å²) in [6, 6.07) is 21.2. The number of rotatable bonds is 13. The molecule has 0 aliphatic carbocycles. The number of carbonyl (C=O) groups is 1. The fourth-order valence-electron chi connectivity index (χ4n) is 3.46. The molecule has 0 radical (unpaired) electrons. The Morgan fingerprint density at radius 2 is 1.72 bits per heavy atom. The monoisotopic (exact) mass is 546 g/mol. The molecule has 0 spiro atoms. The number of para-hydroxylation sites is 2.